The number of aryl methyl sites for hydroxylation is 2. The highest BCUT2D eigenvalue weighted by Crippen LogP contribution is 2.26. The zero-order valence-electron chi connectivity index (χ0n) is 14.7. The Balaban J connectivity index is 2.21. The molecule has 0 saturated heterocycles. The van der Waals surface area contributed by atoms with Crippen LogP contribution in [0.4, 0.5) is 11.4 Å². The molecular formula is C19H21ClN2O3. The molecule has 0 aliphatic rings. The normalized spacial score (nSPS) is 10.3. The Hall–Kier alpha value is -2.53. The van der Waals surface area contributed by atoms with E-state index in [0.29, 0.717) is 22.1 Å². The van der Waals surface area contributed by atoms with Gasteiger partial charge in [0, 0.05) is 17.6 Å². The highest BCUT2D eigenvalue weighted by atomic mass is 35.5. The molecule has 0 unspecified atom stereocenters. The third-order valence-electron chi connectivity index (χ3n) is 3.76. The van der Waals surface area contributed by atoms with Gasteiger partial charge in [0.15, 0.2) is 0 Å². The number of carbonyl (C=O) groups is 2. The van der Waals surface area contributed by atoms with Crippen LogP contribution >= 0.6 is 11.6 Å². The van der Waals surface area contributed by atoms with E-state index in [9.17, 15) is 9.59 Å². The number of benzene rings is 2. The van der Waals surface area contributed by atoms with E-state index in [1.165, 1.54) is 11.8 Å². The minimum Gasteiger partial charge on any atom is -0.495 e. The number of amides is 2. The summed E-state index contributed by atoms with van der Waals surface area (Å²) in [5, 5.41) is 3.39. The molecule has 0 aliphatic carbocycles. The van der Waals surface area contributed by atoms with Crippen LogP contribution in [0.5, 0.6) is 5.75 Å². The highest BCUT2D eigenvalue weighted by Gasteiger charge is 2.18. The lowest BCUT2D eigenvalue weighted by molar-refractivity contribution is -0.120. The zero-order valence-corrected chi connectivity index (χ0v) is 15.5. The molecule has 0 radical (unpaired) electrons. The topological polar surface area (TPSA) is 58.6 Å². The van der Waals surface area contributed by atoms with Crippen molar-refractivity contribution < 1.29 is 14.3 Å². The molecule has 5 nitrogen and oxygen atoms in total. The van der Waals surface area contributed by atoms with Crippen LogP contribution in [0.25, 0.3) is 0 Å². The molecule has 132 valence electrons. The summed E-state index contributed by atoms with van der Waals surface area (Å²) in [6, 6.07) is 10.7. The summed E-state index contributed by atoms with van der Waals surface area (Å²) in [4.78, 5) is 25.9. The molecule has 1 N–H and O–H groups in total. The fourth-order valence-corrected chi connectivity index (χ4v) is 2.77. The van der Waals surface area contributed by atoms with Gasteiger partial charge in [0.05, 0.1) is 12.8 Å². The molecule has 0 atom stereocenters. The number of carbonyl (C=O) groups excluding carboxylic acids is 2. The van der Waals surface area contributed by atoms with E-state index >= 15 is 0 Å². The van der Waals surface area contributed by atoms with Gasteiger partial charge in [-0.15, -0.1) is 0 Å². The van der Waals surface area contributed by atoms with Crippen LogP contribution in [0.3, 0.4) is 0 Å². The van der Waals surface area contributed by atoms with E-state index in [0.717, 1.165) is 11.1 Å². The van der Waals surface area contributed by atoms with Crippen molar-refractivity contribution >= 4 is 34.8 Å². The van der Waals surface area contributed by atoms with E-state index in [4.69, 9.17) is 16.3 Å². The van der Waals surface area contributed by atoms with Crippen molar-refractivity contribution in [3.63, 3.8) is 0 Å². The van der Waals surface area contributed by atoms with Crippen molar-refractivity contribution in [1.82, 2.24) is 0 Å². The predicted molar refractivity (Wildman–Crippen MR) is 101 cm³/mol. The lowest BCUT2D eigenvalue weighted by atomic mass is 10.1. The van der Waals surface area contributed by atoms with Gasteiger partial charge in [0.1, 0.15) is 12.3 Å². The fraction of sp³-hybridized carbons (Fsp3) is 0.263. The van der Waals surface area contributed by atoms with Gasteiger partial charge in [0.2, 0.25) is 11.8 Å². The first-order valence-electron chi connectivity index (χ1n) is 7.80. The summed E-state index contributed by atoms with van der Waals surface area (Å²) in [7, 11) is 1.54. The standard InChI is InChI=1S/C19H21ClN2O3/c1-12-5-8-18(25-4)16(9-12)21-19(24)11-22(14(3)23)17-7-6-15(20)10-13(17)2/h5-10H,11H2,1-4H3,(H,21,24). The molecule has 2 amide bonds. The Kier molecular flexibility index (Phi) is 6.04. The number of rotatable bonds is 5. The zero-order chi connectivity index (χ0) is 18.6. The number of nitrogens with zero attached hydrogens (tertiary/aromatic N) is 1. The maximum absolute atomic E-state index is 12.5. The molecule has 25 heavy (non-hydrogen) atoms. The molecule has 0 bridgehead atoms. The van der Waals surface area contributed by atoms with E-state index in [1.54, 1.807) is 31.4 Å². The number of halogens is 1. The van der Waals surface area contributed by atoms with Gasteiger partial charge >= 0.3 is 0 Å². The SMILES string of the molecule is COc1ccc(C)cc1NC(=O)CN(C(C)=O)c1ccc(Cl)cc1C. The van der Waals surface area contributed by atoms with E-state index in [-0.39, 0.29) is 18.4 Å². The minimum atomic E-state index is -0.312. The molecule has 0 heterocycles. The van der Waals surface area contributed by atoms with Gasteiger partial charge in [-0.1, -0.05) is 17.7 Å². The Bertz CT molecular complexity index is 805. The monoisotopic (exact) mass is 360 g/mol. The Labute approximate surface area is 152 Å². The Morgan fingerprint density at radius 2 is 1.88 bits per heavy atom. The van der Waals surface area contributed by atoms with Crippen LogP contribution in [0.1, 0.15) is 18.1 Å². The van der Waals surface area contributed by atoms with E-state index in [1.807, 2.05) is 26.0 Å². The summed E-state index contributed by atoms with van der Waals surface area (Å²) in [5.74, 6) is 0.0289. The van der Waals surface area contributed by atoms with Gasteiger partial charge in [-0.3, -0.25) is 9.59 Å². The first-order chi connectivity index (χ1) is 11.8. The first kappa shape index (κ1) is 18.8. The minimum absolute atomic E-state index is 0.102. The van der Waals surface area contributed by atoms with E-state index < -0.39 is 0 Å². The lowest BCUT2D eigenvalue weighted by Gasteiger charge is -2.23. The van der Waals surface area contributed by atoms with Gasteiger partial charge < -0.3 is 15.0 Å². The first-order valence-corrected chi connectivity index (χ1v) is 8.18. The van der Waals surface area contributed by atoms with Gasteiger partial charge in [0.25, 0.3) is 0 Å². The van der Waals surface area contributed by atoms with Crippen molar-refractivity contribution in [1.29, 1.82) is 0 Å². The maximum atomic E-state index is 12.5. The predicted octanol–water partition coefficient (Wildman–Crippen LogP) is 3.96. The summed E-state index contributed by atoms with van der Waals surface area (Å²) < 4.78 is 5.26. The third kappa shape index (κ3) is 4.73. The van der Waals surface area contributed by atoms with Crippen LogP contribution in [-0.2, 0) is 9.59 Å². The van der Waals surface area contributed by atoms with Crippen LogP contribution < -0.4 is 15.0 Å². The highest BCUT2D eigenvalue weighted by molar-refractivity contribution is 6.30. The van der Waals surface area contributed by atoms with Crippen LogP contribution in [0, 0.1) is 13.8 Å². The fourth-order valence-electron chi connectivity index (χ4n) is 2.54. The lowest BCUT2D eigenvalue weighted by Crippen LogP contribution is -2.37. The molecule has 0 spiro atoms. The smallest absolute Gasteiger partial charge is 0.244 e. The molecular weight excluding hydrogens is 340 g/mol. The van der Waals surface area contributed by atoms with E-state index in [2.05, 4.69) is 5.32 Å². The number of methoxy groups -OCH3 is 1. The molecule has 0 aliphatic heterocycles. The number of ether oxygens (including phenoxy) is 1. The van der Waals surface area contributed by atoms with Crippen molar-refractivity contribution in [2.24, 2.45) is 0 Å². The van der Waals surface area contributed by atoms with Crippen molar-refractivity contribution in [2.75, 3.05) is 23.9 Å². The molecule has 2 rings (SSSR count). The Morgan fingerprint density at radius 1 is 1.16 bits per heavy atom. The summed E-state index contributed by atoms with van der Waals surface area (Å²) in [6.45, 7) is 5.09. The summed E-state index contributed by atoms with van der Waals surface area (Å²) >= 11 is 5.97. The third-order valence-corrected chi connectivity index (χ3v) is 4.00. The second-order valence-corrected chi connectivity index (χ2v) is 6.22. The van der Waals surface area contributed by atoms with Crippen molar-refractivity contribution in [3.8, 4) is 5.75 Å². The molecule has 2 aromatic carbocycles. The van der Waals surface area contributed by atoms with Gasteiger partial charge in [-0.25, -0.2) is 0 Å². The average molecular weight is 361 g/mol. The summed E-state index contributed by atoms with van der Waals surface area (Å²) in [6.07, 6.45) is 0. The molecule has 0 fully saturated rings. The van der Waals surface area contributed by atoms with Gasteiger partial charge in [-0.05, 0) is 55.3 Å². The molecule has 0 aromatic heterocycles. The number of hydrogen-bond donors (Lipinski definition) is 1. The van der Waals surface area contributed by atoms with Crippen molar-refractivity contribution in [2.45, 2.75) is 20.8 Å². The largest absolute Gasteiger partial charge is 0.495 e. The van der Waals surface area contributed by atoms with Gasteiger partial charge in [-0.2, -0.15) is 0 Å². The second-order valence-electron chi connectivity index (χ2n) is 5.79. The van der Waals surface area contributed by atoms with Crippen LogP contribution in [0.15, 0.2) is 36.4 Å². The molecule has 0 saturated carbocycles. The number of nitrogens with one attached hydrogen (secondary N) is 1. The quantitative estimate of drug-likeness (QED) is 0.878. The van der Waals surface area contributed by atoms with Crippen LogP contribution in [0.2, 0.25) is 5.02 Å². The average Bonchev–Trinajstić information content (AvgIpc) is 2.53. The molecule has 2 aromatic rings. The van der Waals surface area contributed by atoms with Crippen molar-refractivity contribution in [3.05, 3.63) is 52.5 Å². The number of hydrogen-bond acceptors (Lipinski definition) is 3. The Morgan fingerprint density at radius 3 is 2.48 bits per heavy atom. The van der Waals surface area contributed by atoms with Crippen LogP contribution in [-0.4, -0.2) is 25.5 Å². The summed E-state index contributed by atoms with van der Waals surface area (Å²) in [5.41, 5.74) is 3.05. The second kappa shape index (κ2) is 8.03. The number of anilines is 2. The molecule has 6 heteroatoms. The maximum Gasteiger partial charge on any atom is 0.244 e.